The Balaban J connectivity index is 2.76. The third-order valence-corrected chi connectivity index (χ3v) is 2.56. The third kappa shape index (κ3) is 5.09. The van der Waals surface area contributed by atoms with Crippen LogP contribution in [0.4, 0.5) is 0 Å². The predicted molar refractivity (Wildman–Crippen MR) is 72.5 cm³/mol. The van der Waals surface area contributed by atoms with E-state index in [9.17, 15) is 9.59 Å². The molecular weight excluding hydrogens is 244 g/mol. The fourth-order valence-corrected chi connectivity index (χ4v) is 1.62. The lowest BCUT2D eigenvalue weighted by atomic mass is 10.1. The van der Waals surface area contributed by atoms with Crippen molar-refractivity contribution in [1.82, 2.24) is 10.6 Å². The number of amides is 1. The molecule has 0 spiro atoms. The van der Waals surface area contributed by atoms with Crippen LogP contribution in [0.15, 0.2) is 30.3 Å². The van der Waals surface area contributed by atoms with Gasteiger partial charge in [-0.05, 0) is 19.5 Å². The highest BCUT2D eigenvalue weighted by atomic mass is 16.5. The highest BCUT2D eigenvalue weighted by molar-refractivity contribution is 5.85. The smallest absolute Gasteiger partial charge is 0.333 e. The topological polar surface area (TPSA) is 67.4 Å². The summed E-state index contributed by atoms with van der Waals surface area (Å²) in [5, 5.41) is 5.59. The highest BCUT2D eigenvalue weighted by Gasteiger charge is 2.23. The summed E-state index contributed by atoms with van der Waals surface area (Å²) < 4.78 is 4.99. The Morgan fingerprint density at radius 3 is 2.53 bits per heavy atom. The summed E-state index contributed by atoms with van der Waals surface area (Å²) in [6, 6.07) is 8.34. The van der Waals surface area contributed by atoms with E-state index in [0.717, 1.165) is 5.56 Å². The molecule has 19 heavy (non-hydrogen) atoms. The van der Waals surface area contributed by atoms with Crippen molar-refractivity contribution in [2.24, 2.45) is 0 Å². The van der Waals surface area contributed by atoms with Crippen LogP contribution in [0, 0.1) is 0 Å². The lowest BCUT2D eigenvalue weighted by molar-refractivity contribution is -0.147. The first-order chi connectivity index (χ1) is 9.19. The number of nitrogens with one attached hydrogen (secondary N) is 2. The van der Waals surface area contributed by atoms with Gasteiger partial charge in [-0.1, -0.05) is 30.3 Å². The Hall–Kier alpha value is -1.88. The van der Waals surface area contributed by atoms with Crippen molar-refractivity contribution in [1.29, 1.82) is 0 Å². The van der Waals surface area contributed by atoms with Gasteiger partial charge in [-0.15, -0.1) is 0 Å². The molecule has 0 fully saturated rings. The molecule has 0 bridgehead atoms. The van der Waals surface area contributed by atoms with Gasteiger partial charge in [0.25, 0.3) is 0 Å². The Kier molecular flexibility index (Phi) is 6.60. The second kappa shape index (κ2) is 8.26. The quantitative estimate of drug-likeness (QED) is 0.721. The Bertz CT molecular complexity index is 406. The zero-order valence-electron chi connectivity index (χ0n) is 11.3. The molecule has 0 radical (unpaired) electrons. The number of esters is 1. The largest absolute Gasteiger partial charge is 0.464 e. The molecule has 0 aliphatic rings. The number of carbonyl (C=O) groups excluding carboxylic acids is 2. The summed E-state index contributed by atoms with van der Waals surface area (Å²) in [7, 11) is 1.77. The number of rotatable bonds is 7. The van der Waals surface area contributed by atoms with Crippen LogP contribution in [0.2, 0.25) is 0 Å². The fraction of sp³-hybridized carbons (Fsp3) is 0.429. The van der Waals surface area contributed by atoms with Gasteiger partial charge in [-0.25, -0.2) is 4.79 Å². The first kappa shape index (κ1) is 15.2. The van der Waals surface area contributed by atoms with Crippen LogP contribution < -0.4 is 10.6 Å². The standard InChI is InChI=1S/C14H20N2O3/c1-3-19-14(18)13(11-7-5-4-6-8-11)16-12(17)9-10-15-2/h4-8,13,15H,3,9-10H2,1-2H3,(H,16,17)/t13-/m1/s1. The number of benzene rings is 1. The second-order valence-corrected chi connectivity index (χ2v) is 4.02. The van der Waals surface area contributed by atoms with Gasteiger partial charge in [0.2, 0.25) is 5.91 Å². The van der Waals surface area contributed by atoms with Gasteiger partial charge in [0.15, 0.2) is 6.04 Å². The minimum atomic E-state index is -0.745. The van der Waals surface area contributed by atoms with Crippen LogP contribution in [0.1, 0.15) is 24.9 Å². The molecule has 5 nitrogen and oxygen atoms in total. The Labute approximate surface area is 113 Å². The van der Waals surface area contributed by atoms with E-state index in [1.807, 2.05) is 18.2 Å². The van der Waals surface area contributed by atoms with Gasteiger partial charge in [-0.3, -0.25) is 4.79 Å². The van der Waals surface area contributed by atoms with Crippen molar-refractivity contribution in [2.45, 2.75) is 19.4 Å². The molecule has 0 aromatic heterocycles. The van der Waals surface area contributed by atoms with Gasteiger partial charge < -0.3 is 15.4 Å². The van der Waals surface area contributed by atoms with Gasteiger partial charge in [0.05, 0.1) is 6.61 Å². The van der Waals surface area contributed by atoms with Gasteiger partial charge >= 0.3 is 5.97 Å². The molecule has 104 valence electrons. The first-order valence-corrected chi connectivity index (χ1v) is 6.34. The zero-order chi connectivity index (χ0) is 14.1. The van der Waals surface area contributed by atoms with Gasteiger partial charge in [-0.2, -0.15) is 0 Å². The summed E-state index contributed by atoms with van der Waals surface area (Å²) >= 11 is 0. The minimum absolute atomic E-state index is 0.184. The highest BCUT2D eigenvalue weighted by Crippen LogP contribution is 2.14. The first-order valence-electron chi connectivity index (χ1n) is 6.34. The number of ether oxygens (including phenoxy) is 1. The molecule has 1 rings (SSSR count). The molecule has 0 saturated carbocycles. The third-order valence-electron chi connectivity index (χ3n) is 2.56. The second-order valence-electron chi connectivity index (χ2n) is 4.02. The van der Waals surface area contributed by atoms with Crippen molar-refractivity contribution < 1.29 is 14.3 Å². The summed E-state index contributed by atoms with van der Waals surface area (Å²) in [5.41, 5.74) is 0.721. The maximum Gasteiger partial charge on any atom is 0.333 e. The summed E-state index contributed by atoms with van der Waals surface area (Å²) in [5.74, 6) is -0.622. The normalized spacial score (nSPS) is 11.7. The fourth-order valence-electron chi connectivity index (χ4n) is 1.62. The van der Waals surface area contributed by atoms with Crippen molar-refractivity contribution in [3.63, 3.8) is 0 Å². The molecule has 0 heterocycles. The van der Waals surface area contributed by atoms with Crippen LogP contribution in [0.25, 0.3) is 0 Å². The maximum absolute atomic E-state index is 11.9. The van der Waals surface area contributed by atoms with E-state index >= 15 is 0 Å². The van der Waals surface area contributed by atoms with Crippen molar-refractivity contribution in [2.75, 3.05) is 20.2 Å². The Morgan fingerprint density at radius 1 is 1.26 bits per heavy atom. The lowest BCUT2D eigenvalue weighted by Crippen LogP contribution is -2.36. The van der Waals surface area contributed by atoms with E-state index in [1.165, 1.54) is 0 Å². The van der Waals surface area contributed by atoms with Crippen molar-refractivity contribution in [3.05, 3.63) is 35.9 Å². The molecule has 5 heteroatoms. The van der Waals surface area contributed by atoms with Crippen LogP contribution in [-0.4, -0.2) is 32.1 Å². The lowest BCUT2D eigenvalue weighted by Gasteiger charge is -2.17. The molecule has 0 saturated heterocycles. The number of hydrogen-bond acceptors (Lipinski definition) is 4. The summed E-state index contributed by atoms with van der Waals surface area (Å²) in [6.07, 6.45) is 0.319. The minimum Gasteiger partial charge on any atom is -0.464 e. The molecular formula is C14H20N2O3. The van der Waals surface area contributed by atoms with Crippen molar-refractivity contribution >= 4 is 11.9 Å². The maximum atomic E-state index is 11.9. The molecule has 1 amide bonds. The molecule has 1 atom stereocenters. The van der Waals surface area contributed by atoms with Crippen LogP contribution in [-0.2, 0) is 14.3 Å². The van der Waals surface area contributed by atoms with E-state index in [4.69, 9.17) is 4.74 Å². The van der Waals surface area contributed by atoms with Crippen LogP contribution in [0.3, 0.4) is 0 Å². The average Bonchev–Trinajstić information content (AvgIpc) is 2.43. The Morgan fingerprint density at radius 2 is 1.95 bits per heavy atom. The van der Waals surface area contributed by atoms with Crippen LogP contribution in [0.5, 0.6) is 0 Å². The molecule has 0 aliphatic heterocycles. The predicted octanol–water partition coefficient (Wildman–Crippen LogP) is 1.02. The summed E-state index contributed by atoms with van der Waals surface area (Å²) in [4.78, 5) is 23.6. The van der Waals surface area contributed by atoms with Crippen molar-refractivity contribution in [3.8, 4) is 0 Å². The zero-order valence-corrected chi connectivity index (χ0v) is 11.3. The molecule has 1 aromatic rings. The number of carbonyl (C=O) groups is 2. The molecule has 2 N–H and O–H groups in total. The summed E-state index contributed by atoms with van der Waals surface area (Å²) in [6.45, 7) is 2.59. The van der Waals surface area contributed by atoms with E-state index in [2.05, 4.69) is 10.6 Å². The SMILES string of the molecule is CCOC(=O)[C@H](NC(=O)CCNC)c1ccccc1. The van der Waals surface area contributed by atoms with Gasteiger partial charge in [0, 0.05) is 13.0 Å². The molecule has 0 aliphatic carbocycles. The van der Waals surface area contributed by atoms with E-state index in [1.54, 1.807) is 26.1 Å². The van der Waals surface area contributed by atoms with E-state index < -0.39 is 12.0 Å². The van der Waals surface area contributed by atoms with Gasteiger partial charge in [0.1, 0.15) is 0 Å². The molecule has 0 unspecified atom stereocenters. The number of hydrogen-bond donors (Lipinski definition) is 2. The van der Waals surface area contributed by atoms with E-state index in [0.29, 0.717) is 13.0 Å². The van der Waals surface area contributed by atoms with E-state index in [-0.39, 0.29) is 12.5 Å². The monoisotopic (exact) mass is 264 g/mol. The van der Waals surface area contributed by atoms with Crippen LogP contribution >= 0.6 is 0 Å². The molecule has 1 aromatic carbocycles. The average molecular weight is 264 g/mol.